The molecule has 1 saturated carbocycles. The van der Waals surface area contributed by atoms with E-state index in [2.05, 4.69) is 0 Å². The summed E-state index contributed by atoms with van der Waals surface area (Å²) in [4.78, 5) is 14.0. The molecule has 0 aromatic heterocycles. The van der Waals surface area contributed by atoms with Crippen molar-refractivity contribution in [3.05, 3.63) is 0 Å². The minimum absolute atomic E-state index is 0.163. The number of carbonyl (C=O) groups excluding carboxylic acids is 1. The monoisotopic (exact) mass is 268 g/mol. The minimum atomic E-state index is -0.411. The molecule has 4 heteroatoms. The number of piperidine rings is 1. The fourth-order valence-corrected chi connectivity index (χ4v) is 3.38. The molecule has 19 heavy (non-hydrogen) atoms. The van der Waals surface area contributed by atoms with Crippen LogP contribution in [0.4, 0.5) is 4.79 Å². The second-order valence-corrected chi connectivity index (χ2v) is 7.19. The molecule has 0 aromatic carbocycles. The third kappa shape index (κ3) is 3.22. The summed E-state index contributed by atoms with van der Waals surface area (Å²) < 4.78 is 5.48. The van der Waals surface area contributed by atoms with Crippen molar-refractivity contribution in [1.82, 2.24) is 4.90 Å². The lowest BCUT2D eigenvalue weighted by Gasteiger charge is -2.50. The Morgan fingerprint density at radius 3 is 2.53 bits per heavy atom. The molecular weight excluding hydrogens is 240 g/mol. The van der Waals surface area contributed by atoms with Gasteiger partial charge in [0, 0.05) is 13.1 Å². The van der Waals surface area contributed by atoms with E-state index in [9.17, 15) is 4.79 Å². The Bertz CT molecular complexity index is 326. The maximum Gasteiger partial charge on any atom is 0.410 e. The summed E-state index contributed by atoms with van der Waals surface area (Å²) in [5.74, 6) is 0.563. The van der Waals surface area contributed by atoms with Crippen LogP contribution < -0.4 is 5.73 Å². The van der Waals surface area contributed by atoms with Crippen LogP contribution >= 0.6 is 0 Å². The number of nitrogens with two attached hydrogens (primary N) is 1. The van der Waals surface area contributed by atoms with Gasteiger partial charge in [0.2, 0.25) is 0 Å². The zero-order valence-corrected chi connectivity index (χ0v) is 12.6. The highest BCUT2D eigenvalue weighted by Crippen LogP contribution is 2.49. The Morgan fingerprint density at radius 2 is 2.05 bits per heavy atom. The average Bonchev–Trinajstić information content (AvgIpc) is 2.26. The van der Waals surface area contributed by atoms with E-state index in [0.29, 0.717) is 11.3 Å². The van der Waals surface area contributed by atoms with Gasteiger partial charge < -0.3 is 15.4 Å². The Labute approximate surface area is 116 Å². The van der Waals surface area contributed by atoms with Crippen molar-refractivity contribution < 1.29 is 9.53 Å². The van der Waals surface area contributed by atoms with E-state index >= 15 is 0 Å². The number of nitrogens with zero attached hydrogens (tertiary/aromatic N) is 1. The molecule has 0 aromatic rings. The van der Waals surface area contributed by atoms with Gasteiger partial charge in [-0.1, -0.05) is 6.42 Å². The van der Waals surface area contributed by atoms with Gasteiger partial charge in [0.1, 0.15) is 5.60 Å². The number of carbonyl (C=O) groups is 1. The maximum atomic E-state index is 12.2. The van der Waals surface area contributed by atoms with Gasteiger partial charge in [-0.25, -0.2) is 4.79 Å². The third-order valence-electron chi connectivity index (χ3n) is 4.69. The summed E-state index contributed by atoms with van der Waals surface area (Å²) in [5, 5.41) is 0. The van der Waals surface area contributed by atoms with Crippen molar-refractivity contribution in [2.24, 2.45) is 17.1 Å². The van der Waals surface area contributed by atoms with Crippen LogP contribution in [0.2, 0.25) is 0 Å². The van der Waals surface area contributed by atoms with Crippen LogP contribution in [-0.4, -0.2) is 36.2 Å². The summed E-state index contributed by atoms with van der Waals surface area (Å²) in [6.07, 6.45) is 5.87. The second-order valence-electron chi connectivity index (χ2n) is 7.19. The Kier molecular flexibility index (Phi) is 4.09. The van der Waals surface area contributed by atoms with Gasteiger partial charge in [-0.05, 0) is 64.3 Å². The number of hydrogen-bond donors (Lipinski definition) is 1. The smallest absolute Gasteiger partial charge is 0.410 e. The van der Waals surface area contributed by atoms with Crippen molar-refractivity contribution in [2.75, 3.05) is 19.6 Å². The molecule has 1 saturated heterocycles. The van der Waals surface area contributed by atoms with Crippen LogP contribution in [0.25, 0.3) is 0 Å². The van der Waals surface area contributed by atoms with E-state index in [1.165, 1.54) is 25.7 Å². The molecule has 2 rings (SSSR count). The standard InChI is InChI=1S/C15H28N2O2/c1-14(2,3)19-13(18)17-9-4-6-12(10-17)15(11-16)7-5-8-15/h12H,4-11,16H2,1-3H3. The molecule has 0 bridgehead atoms. The lowest BCUT2D eigenvalue weighted by atomic mass is 9.59. The molecule has 1 unspecified atom stereocenters. The van der Waals surface area contributed by atoms with E-state index in [-0.39, 0.29) is 6.09 Å². The van der Waals surface area contributed by atoms with Crippen molar-refractivity contribution >= 4 is 6.09 Å². The Morgan fingerprint density at radius 1 is 1.37 bits per heavy atom. The highest BCUT2D eigenvalue weighted by molar-refractivity contribution is 5.68. The number of ether oxygens (including phenoxy) is 1. The zero-order valence-electron chi connectivity index (χ0n) is 12.6. The van der Waals surface area contributed by atoms with Gasteiger partial charge in [-0.15, -0.1) is 0 Å². The Balaban J connectivity index is 1.95. The lowest BCUT2D eigenvalue weighted by molar-refractivity contribution is -0.0152. The van der Waals surface area contributed by atoms with Crippen molar-refractivity contribution in [2.45, 2.75) is 58.5 Å². The number of rotatable bonds is 2. The zero-order chi connectivity index (χ0) is 14.1. The van der Waals surface area contributed by atoms with Gasteiger partial charge in [0.05, 0.1) is 0 Å². The quantitative estimate of drug-likeness (QED) is 0.838. The summed E-state index contributed by atoms with van der Waals surface area (Å²) in [6.45, 7) is 8.16. The molecule has 1 amide bonds. The molecule has 0 spiro atoms. The third-order valence-corrected chi connectivity index (χ3v) is 4.69. The van der Waals surface area contributed by atoms with Crippen LogP contribution in [0.3, 0.4) is 0 Å². The first-order valence-electron chi connectivity index (χ1n) is 7.54. The predicted octanol–water partition coefficient (Wildman–Crippen LogP) is 2.76. The number of likely N-dealkylation sites (tertiary alicyclic amines) is 1. The summed E-state index contributed by atoms with van der Waals surface area (Å²) in [7, 11) is 0. The number of amides is 1. The van der Waals surface area contributed by atoms with Crippen LogP contribution in [-0.2, 0) is 4.74 Å². The molecular formula is C15H28N2O2. The molecule has 1 heterocycles. The Hall–Kier alpha value is -0.770. The fourth-order valence-electron chi connectivity index (χ4n) is 3.38. The maximum absolute atomic E-state index is 12.2. The summed E-state index contributed by atoms with van der Waals surface area (Å²) in [6, 6.07) is 0. The molecule has 4 nitrogen and oxygen atoms in total. The van der Waals surface area contributed by atoms with Gasteiger partial charge in [0.15, 0.2) is 0 Å². The minimum Gasteiger partial charge on any atom is -0.444 e. The van der Waals surface area contributed by atoms with Gasteiger partial charge >= 0.3 is 6.09 Å². The molecule has 0 radical (unpaired) electrons. The largest absolute Gasteiger partial charge is 0.444 e. The molecule has 2 N–H and O–H groups in total. The van der Waals surface area contributed by atoms with Gasteiger partial charge in [-0.2, -0.15) is 0 Å². The molecule has 1 aliphatic carbocycles. The first-order valence-corrected chi connectivity index (χ1v) is 7.54. The lowest BCUT2D eigenvalue weighted by Crippen LogP contribution is -2.52. The molecule has 2 aliphatic rings. The SMILES string of the molecule is CC(C)(C)OC(=O)N1CCCC(C2(CN)CCC2)C1. The summed E-state index contributed by atoms with van der Waals surface area (Å²) in [5.41, 5.74) is 5.88. The fraction of sp³-hybridized carbons (Fsp3) is 0.933. The van der Waals surface area contributed by atoms with Crippen LogP contribution in [0, 0.1) is 11.3 Å². The van der Waals surface area contributed by atoms with Crippen LogP contribution in [0.1, 0.15) is 52.9 Å². The first-order chi connectivity index (χ1) is 8.86. The number of hydrogen-bond acceptors (Lipinski definition) is 3. The van der Waals surface area contributed by atoms with Crippen molar-refractivity contribution in [1.29, 1.82) is 0 Å². The topological polar surface area (TPSA) is 55.6 Å². The van der Waals surface area contributed by atoms with Gasteiger partial charge in [-0.3, -0.25) is 0 Å². The average molecular weight is 268 g/mol. The van der Waals surface area contributed by atoms with Crippen molar-refractivity contribution in [3.63, 3.8) is 0 Å². The first kappa shape index (κ1) is 14.6. The van der Waals surface area contributed by atoms with Gasteiger partial charge in [0.25, 0.3) is 0 Å². The molecule has 2 fully saturated rings. The van der Waals surface area contributed by atoms with Crippen molar-refractivity contribution in [3.8, 4) is 0 Å². The highest BCUT2D eigenvalue weighted by Gasteiger charge is 2.45. The summed E-state index contributed by atoms with van der Waals surface area (Å²) >= 11 is 0. The molecule has 1 aliphatic heterocycles. The normalized spacial score (nSPS) is 26.7. The van der Waals surface area contributed by atoms with Crippen LogP contribution in [0.15, 0.2) is 0 Å². The van der Waals surface area contributed by atoms with Crippen LogP contribution in [0.5, 0.6) is 0 Å². The highest BCUT2D eigenvalue weighted by atomic mass is 16.6. The molecule has 110 valence electrons. The second kappa shape index (κ2) is 5.31. The van der Waals surface area contributed by atoms with E-state index < -0.39 is 5.60 Å². The van der Waals surface area contributed by atoms with E-state index in [1.807, 2.05) is 25.7 Å². The van der Waals surface area contributed by atoms with E-state index in [0.717, 1.165) is 26.1 Å². The predicted molar refractivity (Wildman–Crippen MR) is 75.9 cm³/mol. The molecule has 1 atom stereocenters. The van der Waals surface area contributed by atoms with E-state index in [1.54, 1.807) is 0 Å². The van der Waals surface area contributed by atoms with E-state index in [4.69, 9.17) is 10.5 Å².